The minimum Gasteiger partial charge on any atom is -0.334 e. The molecule has 0 aromatic heterocycles. The van der Waals surface area contributed by atoms with E-state index in [2.05, 4.69) is 5.32 Å². The molecule has 36 heavy (non-hydrogen) atoms. The average molecular weight is 504 g/mol. The van der Waals surface area contributed by atoms with Gasteiger partial charge in [0.2, 0.25) is 21.8 Å². The third kappa shape index (κ3) is 6.47. The van der Waals surface area contributed by atoms with E-state index in [0.29, 0.717) is 31.6 Å². The molecule has 3 N–H and O–H groups in total. The quantitative estimate of drug-likeness (QED) is 0.451. The second-order valence-corrected chi connectivity index (χ2v) is 10.4. The molecule has 1 aliphatic rings. The van der Waals surface area contributed by atoms with E-state index in [1.54, 1.807) is 0 Å². The molecule has 1 aliphatic carbocycles. The topological polar surface area (TPSA) is 110 Å². The first-order valence-electron chi connectivity index (χ1n) is 11.8. The van der Waals surface area contributed by atoms with Crippen molar-refractivity contribution in [3.8, 4) is 0 Å². The molecule has 0 unspecified atom stereocenters. The van der Waals surface area contributed by atoms with Crippen molar-refractivity contribution in [3.05, 3.63) is 108 Å². The smallest absolute Gasteiger partial charge is 0.238 e. The highest BCUT2D eigenvalue weighted by molar-refractivity contribution is 7.89. The van der Waals surface area contributed by atoms with Crippen molar-refractivity contribution >= 4 is 27.5 Å². The van der Waals surface area contributed by atoms with Gasteiger partial charge in [-0.1, -0.05) is 72.8 Å². The highest BCUT2D eigenvalue weighted by Gasteiger charge is 2.36. The Morgan fingerprint density at radius 1 is 0.778 bits per heavy atom. The summed E-state index contributed by atoms with van der Waals surface area (Å²) in [6.07, 6.45) is 4.80. The number of nitrogens with one attached hydrogen (secondary N) is 1. The molecule has 0 saturated heterocycles. The zero-order valence-electron chi connectivity index (χ0n) is 19.8. The fourth-order valence-corrected chi connectivity index (χ4v) is 4.91. The van der Waals surface area contributed by atoms with Crippen molar-refractivity contribution < 1.29 is 18.0 Å². The zero-order chi connectivity index (χ0) is 25.5. The molecule has 0 fully saturated rings. The summed E-state index contributed by atoms with van der Waals surface area (Å²) in [5.74, 6) is -1.40. The monoisotopic (exact) mass is 503 g/mol. The molecule has 0 radical (unpaired) electrons. The Morgan fingerprint density at radius 3 is 1.78 bits per heavy atom. The predicted octanol–water partition coefficient (Wildman–Crippen LogP) is 4.08. The summed E-state index contributed by atoms with van der Waals surface area (Å²) in [7, 11) is -3.82. The highest BCUT2D eigenvalue weighted by atomic mass is 32.2. The lowest BCUT2D eigenvalue weighted by molar-refractivity contribution is -0.142. The van der Waals surface area contributed by atoms with Crippen LogP contribution in [0.2, 0.25) is 0 Å². The molecule has 7 nitrogen and oxygen atoms in total. The normalized spacial score (nSPS) is 17.4. The number of nitrogens with two attached hydrogens (primary N) is 1. The number of benzene rings is 3. The summed E-state index contributed by atoms with van der Waals surface area (Å²) in [5, 5.41) is 7.98. The van der Waals surface area contributed by atoms with Crippen LogP contribution in [0, 0.1) is 11.8 Å². The molecule has 2 atom stereocenters. The molecule has 3 aromatic rings. The Kier molecular flexibility index (Phi) is 7.97. The van der Waals surface area contributed by atoms with Gasteiger partial charge in [-0.3, -0.25) is 9.59 Å². The molecular weight excluding hydrogens is 474 g/mol. The summed E-state index contributed by atoms with van der Waals surface area (Å²) in [4.78, 5) is 28.9. The number of amides is 2. The predicted molar refractivity (Wildman–Crippen MR) is 139 cm³/mol. The molecule has 0 bridgehead atoms. The molecule has 0 saturated carbocycles. The Morgan fingerprint density at radius 2 is 1.28 bits per heavy atom. The van der Waals surface area contributed by atoms with Gasteiger partial charge in [0.05, 0.1) is 16.7 Å². The summed E-state index contributed by atoms with van der Waals surface area (Å²) < 4.78 is 23.0. The Balaban J connectivity index is 1.53. The first-order chi connectivity index (χ1) is 17.3. The van der Waals surface area contributed by atoms with Gasteiger partial charge < -0.3 is 10.2 Å². The number of hydrogen-bond acceptors (Lipinski definition) is 4. The van der Waals surface area contributed by atoms with Crippen LogP contribution in [0.25, 0.3) is 0 Å². The van der Waals surface area contributed by atoms with Gasteiger partial charge in [0, 0.05) is 18.8 Å². The van der Waals surface area contributed by atoms with E-state index in [9.17, 15) is 18.0 Å². The number of sulfonamides is 1. The van der Waals surface area contributed by atoms with Gasteiger partial charge in [0.1, 0.15) is 0 Å². The summed E-state index contributed by atoms with van der Waals surface area (Å²) in [5.41, 5.74) is 2.48. The van der Waals surface area contributed by atoms with Crippen LogP contribution < -0.4 is 10.5 Å². The van der Waals surface area contributed by atoms with E-state index in [1.807, 2.05) is 77.7 Å². The molecule has 8 heteroatoms. The Labute approximate surface area is 211 Å². The second-order valence-electron chi connectivity index (χ2n) is 8.88. The molecule has 4 rings (SSSR count). The SMILES string of the molecule is NS(=O)(=O)c1ccc(NC(=O)[C@H]2CC=CC[C@H]2C(=O)N(Cc2ccccc2)Cc2ccccc2)cc1. The minimum absolute atomic E-state index is 0.0355. The van der Waals surface area contributed by atoms with Crippen LogP contribution in [0.15, 0.2) is 102 Å². The van der Waals surface area contributed by atoms with E-state index in [-0.39, 0.29) is 16.7 Å². The lowest BCUT2D eigenvalue weighted by Crippen LogP contribution is -2.42. The third-order valence-corrected chi connectivity index (χ3v) is 7.21. The van der Waals surface area contributed by atoms with Crippen LogP contribution in [0.1, 0.15) is 24.0 Å². The van der Waals surface area contributed by atoms with Crippen molar-refractivity contribution in [2.45, 2.75) is 30.8 Å². The lowest BCUT2D eigenvalue weighted by atomic mass is 9.81. The number of carbonyl (C=O) groups is 2. The summed E-state index contributed by atoms with van der Waals surface area (Å²) in [6, 6.07) is 25.3. The van der Waals surface area contributed by atoms with Crippen molar-refractivity contribution in [1.29, 1.82) is 0 Å². The van der Waals surface area contributed by atoms with Crippen LogP contribution in [0.5, 0.6) is 0 Å². The van der Waals surface area contributed by atoms with E-state index in [1.165, 1.54) is 24.3 Å². The maximum atomic E-state index is 13.9. The third-order valence-electron chi connectivity index (χ3n) is 6.28. The number of anilines is 1. The van der Waals surface area contributed by atoms with E-state index in [4.69, 9.17) is 5.14 Å². The first-order valence-corrected chi connectivity index (χ1v) is 13.3. The molecule has 0 aliphatic heterocycles. The van der Waals surface area contributed by atoms with Gasteiger partial charge in [-0.25, -0.2) is 13.6 Å². The average Bonchev–Trinajstić information content (AvgIpc) is 2.89. The zero-order valence-corrected chi connectivity index (χ0v) is 20.6. The summed E-state index contributed by atoms with van der Waals surface area (Å²) >= 11 is 0. The first kappa shape index (κ1) is 25.3. The van der Waals surface area contributed by atoms with Crippen molar-refractivity contribution in [3.63, 3.8) is 0 Å². The standard InChI is InChI=1S/C28H29N3O4S/c29-36(34,35)24-17-15-23(16-18-24)30-27(32)25-13-7-8-14-26(25)28(33)31(19-21-9-3-1-4-10-21)20-22-11-5-2-6-12-22/h1-12,15-18,25-26H,13-14,19-20H2,(H,30,32)(H2,29,34,35)/t25-,26+/m0/s1. The number of carbonyl (C=O) groups excluding carboxylic acids is 2. The maximum absolute atomic E-state index is 13.9. The Hall–Kier alpha value is -3.75. The largest absolute Gasteiger partial charge is 0.334 e. The van der Waals surface area contributed by atoms with Crippen LogP contribution in [0.4, 0.5) is 5.69 Å². The number of nitrogens with zero attached hydrogens (tertiary/aromatic N) is 1. The van der Waals surface area contributed by atoms with Crippen LogP contribution in [-0.4, -0.2) is 25.1 Å². The van der Waals surface area contributed by atoms with Gasteiger partial charge in [-0.15, -0.1) is 0 Å². The van der Waals surface area contributed by atoms with Gasteiger partial charge in [-0.05, 0) is 48.2 Å². The fourth-order valence-electron chi connectivity index (χ4n) is 4.39. The number of hydrogen-bond donors (Lipinski definition) is 2. The van der Waals surface area contributed by atoms with Gasteiger partial charge >= 0.3 is 0 Å². The molecule has 0 spiro atoms. The molecular formula is C28H29N3O4S. The lowest BCUT2D eigenvalue weighted by Gasteiger charge is -2.32. The number of allylic oxidation sites excluding steroid dienone is 2. The number of rotatable bonds is 8. The van der Waals surface area contributed by atoms with Crippen LogP contribution in [0.3, 0.4) is 0 Å². The Bertz CT molecular complexity index is 1280. The maximum Gasteiger partial charge on any atom is 0.238 e. The molecule has 2 amide bonds. The van der Waals surface area contributed by atoms with E-state index >= 15 is 0 Å². The molecule has 3 aromatic carbocycles. The van der Waals surface area contributed by atoms with Crippen molar-refractivity contribution in [2.24, 2.45) is 17.0 Å². The minimum atomic E-state index is -3.82. The highest BCUT2D eigenvalue weighted by Crippen LogP contribution is 2.30. The van der Waals surface area contributed by atoms with E-state index in [0.717, 1.165) is 11.1 Å². The fraction of sp³-hybridized carbons (Fsp3) is 0.214. The van der Waals surface area contributed by atoms with Gasteiger partial charge in [0.15, 0.2) is 0 Å². The molecule has 186 valence electrons. The van der Waals surface area contributed by atoms with Crippen LogP contribution in [-0.2, 0) is 32.7 Å². The second kappa shape index (κ2) is 11.3. The van der Waals surface area contributed by atoms with Crippen LogP contribution >= 0.6 is 0 Å². The van der Waals surface area contributed by atoms with Crippen molar-refractivity contribution in [1.82, 2.24) is 4.90 Å². The van der Waals surface area contributed by atoms with E-state index < -0.39 is 21.9 Å². The molecule has 0 heterocycles. The number of primary sulfonamides is 1. The van der Waals surface area contributed by atoms with Gasteiger partial charge in [0.25, 0.3) is 0 Å². The van der Waals surface area contributed by atoms with Crippen molar-refractivity contribution in [2.75, 3.05) is 5.32 Å². The summed E-state index contributed by atoms with van der Waals surface area (Å²) in [6.45, 7) is 0.885. The van der Waals surface area contributed by atoms with Gasteiger partial charge in [-0.2, -0.15) is 0 Å².